The number of carbonyl (C=O) groups excluding carboxylic acids is 1. The number of carbonyl (C=O) groups is 1. The summed E-state index contributed by atoms with van der Waals surface area (Å²) in [5.41, 5.74) is 2.31. The number of hydrogen-bond donors (Lipinski definition) is 1. The third kappa shape index (κ3) is 4.28. The fraction of sp³-hybridized carbons (Fsp3) is 0.318. The van der Waals surface area contributed by atoms with E-state index < -0.39 is 0 Å². The number of nitrogens with one attached hydrogen (secondary N) is 1. The molecule has 1 N–H and O–H groups in total. The van der Waals surface area contributed by atoms with Gasteiger partial charge in [-0.05, 0) is 62.7 Å². The predicted molar refractivity (Wildman–Crippen MR) is 108 cm³/mol. The summed E-state index contributed by atoms with van der Waals surface area (Å²) in [5, 5.41) is 7.98. The number of benzene rings is 1. The molecular formula is C22H25N5O. The Morgan fingerprint density at radius 3 is 2.75 bits per heavy atom. The largest absolute Gasteiger partial charge is 0.328 e. The molecule has 144 valence electrons. The van der Waals surface area contributed by atoms with Crippen molar-refractivity contribution in [2.75, 3.05) is 13.1 Å². The van der Waals surface area contributed by atoms with Gasteiger partial charge in [-0.2, -0.15) is 5.10 Å². The minimum absolute atomic E-state index is 0.0350. The van der Waals surface area contributed by atoms with Gasteiger partial charge >= 0.3 is 0 Å². The molecule has 3 aromatic rings. The van der Waals surface area contributed by atoms with Crippen LogP contribution < -0.4 is 5.32 Å². The van der Waals surface area contributed by atoms with Crippen LogP contribution in [0.4, 0.5) is 0 Å². The highest BCUT2D eigenvalue weighted by atomic mass is 16.2. The molecule has 2 aromatic heterocycles. The summed E-state index contributed by atoms with van der Waals surface area (Å²) in [6.07, 6.45) is 6.62. The number of rotatable bonds is 5. The van der Waals surface area contributed by atoms with Crippen LogP contribution in [0, 0.1) is 0 Å². The second kappa shape index (κ2) is 8.80. The van der Waals surface area contributed by atoms with E-state index in [0.29, 0.717) is 12.2 Å². The van der Waals surface area contributed by atoms with Gasteiger partial charge in [0.15, 0.2) is 5.69 Å². The van der Waals surface area contributed by atoms with Crippen molar-refractivity contribution >= 4 is 5.91 Å². The van der Waals surface area contributed by atoms with Gasteiger partial charge < -0.3 is 10.2 Å². The highest BCUT2D eigenvalue weighted by Gasteiger charge is 2.27. The van der Waals surface area contributed by atoms with Crippen LogP contribution in [0.25, 0.3) is 5.69 Å². The predicted octanol–water partition coefficient (Wildman–Crippen LogP) is 3.05. The fourth-order valence-electron chi connectivity index (χ4n) is 3.65. The maximum Gasteiger partial charge on any atom is 0.274 e. The second-order valence-electron chi connectivity index (χ2n) is 7.07. The standard InChI is InChI=1S/C22H25N5O/c28-22(21-12-16-27(25-21)20-8-2-1-3-9-20)26(17-18-7-4-5-14-24-18)19-10-6-13-23-15-11-19/h1-5,7-9,12,14,16,19,23H,6,10-11,13,15,17H2. The molecule has 28 heavy (non-hydrogen) atoms. The fourth-order valence-corrected chi connectivity index (χ4v) is 3.65. The third-order valence-corrected chi connectivity index (χ3v) is 5.13. The summed E-state index contributed by atoms with van der Waals surface area (Å²) in [4.78, 5) is 19.8. The number of para-hydroxylation sites is 1. The van der Waals surface area contributed by atoms with Gasteiger partial charge in [-0.3, -0.25) is 9.78 Å². The number of amides is 1. The molecule has 0 aliphatic carbocycles. The molecule has 1 amide bonds. The zero-order chi connectivity index (χ0) is 19.2. The molecule has 0 radical (unpaired) electrons. The average molecular weight is 375 g/mol. The van der Waals surface area contributed by atoms with Crippen molar-refractivity contribution in [3.8, 4) is 5.69 Å². The Labute approximate surface area is 165 Å². The van der Waals surface area contributed by atoms with Gasteiger partial charge in [0.05, 0.1) is 17.9 Å². The highest BCUT2D eigenvalue weighted by Crippen LogP contribution is 2.19. The lowest BCUT2D eigenvalue weighted by molar-refractivity contribution is 0.0635. The van der Waals surface area contributed by atoms with Crippen LogP contribution in [0.5, 0.6) is 0 Å². The van der Waals surface area contributed by atoms with Crippen molar-refractivity contribution in [2.45, 2.75) is 31.8 Å². The van der Waals surface area contributed by atoms with Gasteiger partial charge in [0.1, 0.15) is 0 Å². The monoisotopic (exact) mass is 375 g/mol. The lowest BCUT2D eigenvalue weighted by atomic mass is 10.1. The molecule has 6 nitrogen and oxygen atoms in total. The van der Waals surface area contributed by atoms with Crippen molar-refractivity contribution in [2.24, 2.45) is 0 Å². The van der Waals surface area contributed by atoms with Crippen LogP contribution in [0.2, 0.25) is 0 Å². The summed E-state index contributed by atoms with van der Waals surface area (Å²) >= 11 is 0. The first-order chi connectivity index (χ1) is 13.8. The van der Waals surface area contributed by atoms with E-state index in [0.717, 1.165) is 43.7 Å². The minimum Gasteiger partial charge on any atom is -0.328 e. The van der Waals surface area contributed by atoms with Gasteiger partial charge in [0.2, 0.25) is 0 Å². The maximum atomic E-state index is 13.4. The number of hydrogen-bond acceptors (Lipinski definition) is 4. The lowest BCUT2D eigenvalue weighted by Crippen LogP contribution is -2.40. The first kappa shape index (κ1) is 18.4. The molecule has 1 aliphatic heterocycles. The van der Waals surface area contributed by atoms with Gasteiger partial charge in [-0.1, -0.05) is 24.3 Å². The Balaban J connectivity index is 1.60. The first-order valence-corrected chi connectivity index (χ1v) is 9.84. The third-order valence-electron chi connectivity index (χ3n) is 5.13. The quantitative estimate of drug-likeness (QED) is 0.744. The minimum atomic E-state index is -0.0350. The molecule has 0 saturated carbocycles. The summed E-state index contributed by atoms with van der Waals surface area (Å²) in [6, 6.07) is 17.7. The summed E-state index contributed by atoms with van der Waals surface area (Å²) in [7, 11) is 0. The van der Waals surface area contributed by atoms with Crippen molar-refractivity contribution in [1.82, 2.24) is 25.0 Å². The summed E-state index contributed by atoms with van der Waals surface area (Å²) < 4.78 is 1.75. The van der Waals surface area contributed by atoms with E-state index in [9.17, 15) is 4.79 Å². The van der Waals surface area contributed by atoms with E-state index in [2.05, 4.69) is 15.4 Å². The van der Waals surface area contributed by atoms with Crippen molar-refractivity contribution < 1.29 is 4.79 Å². The van der Waals surface area contributed by atoms with Crippen molar-refractivity contribution in [3.05, 3.63) is 78.4 Å². The van der Waals surface area contributed by atoms with E-state index in [-0.39, 0.29) is 11.9 Å². The molecule has 1 fully saturated rings. The number of aromatic nitrogens is 3. The van der Waals surface area contributed by atoms with Gasteiger partial charge in [-0.15, -0.1) is 0 Å². The smallest absolute Gasteiger partial charge is 0.274 e. The van der Waals surface area contributed by atoms with E-state index in [1.165, 1.54) is 0 Å². The molecule has 4 rings (SSSR count). The van der Waals surface area contributed by atoms with Gasteiger partial charge in [-0.25, -0.2) is 4.68 Å². The van der Waals surface area contributed by atoms with Crippen LogP contribution in [0.15, 0.2) is 67.0 Å². The molecule has 6 heteroatoms. The van der Waals surface area contributed by atoms with Gasteiger partial charge in [0.25, 0.3) is 5.91 Å². The van der Waals surface area contributed by atoms with Crippen LogP contribution in [0.1, 0.15) is 35.4 Å². The molecule has 0 spiro atoms. The summed E-state index contributed by atoms with van der Waals surface area (Å²) in [5.74, 6) is -0.0350. The van der Waals surface area contributed by atoms with Crippen LogP contribution in [-0.4, -0.2) is 44.7 Å². The van der Waals surface area contributed by atoms with E-state index in [1.54, 1.807) is 16.9 Å². The molecule has 1 aliphatic rings. The molecule has 3 heterocycles. The Morgan fingerprint density at radius 1 is 1.07 bits per heavy atom. The number of nitrogens with zero attached hydrogens (tertiary/aromatic N) is 4. The van der Waals surface area contributed by atoms with Crippen molar-refractivity contribution in [1.29, 1.82) is 0 Å². The first-order valence-electron chi connectivity index (χ1n) is 9.84. The molecule has 1 aromatic carbocycles. The Kier molecular flexibility index (Phi) is 5.77. The number of pyridine rings is 1. The maximum absolute atomic E-state index is 13.4. The molecule has 1 atom stereocenters. The van der Waals surface area contributed by atoms with Crippen LogP contribution in [0.3, 0.4) is 0 Å². The Hall–Kier alpha value is -2.99. The zero-order valence-electron chi connectivity index (χ0n) is 15.9. The molecule has 1 unspecified atom stereocenters. The highest BCUT2D eigenvalue weighted by molar-refractivity contribution is 5.92. The average Bonchev–Trinajstić information content (AvgIpc) is 3.09. The second-order valence-corrected chi connectivity index (χ2v) is 7.07. The Bertz CT molecular complexity index is 886. The molecular weight excluding hydrogens is 350 g/mol. The molecule has 0 bridgehead atoms. The van der Waals surface area contributed by atoms with E-state index in [4.69, 9.17) is 0 Å². The zero-order valence-corrected chi connectivity index (χ0v) is 15.9. The normalized spacial score (nSPS) is 17.1. The van der Waals surface area contributed by atoms with Crippen LogP contribution in [-0.2, 0) is 6.54 Å². The van der Waals surface area contributed by atoms with Crippen molar-refractivity contribution in [3.63, 3.8) is 0 Å². The van der Waals surface area contributed by atoms with Crippen LogP contribution >= 0.6 is 0 Å². The SMILES string of the molecule is O=C(c1ccn(-c2ccccc2)n1)N(Cc1ccccn1)C1CCCNCC1. The van der Waals surface area contributed by atoms with Gasteiger partial charge in [0, 0.05) is 18.4 Å². The summed E-state index contributed by atoms with van der Waals surface area (Å²) in [6.45, 7) is 2.43. The molecule has 1 saturated heterocycles. The lowest BCUT2D eigenvalue weighted by Gasteiger charge is -2.30. The Morgan fingerprint density at radius 2 is 1.93 bits per heavy atom. The van der Waals surface area contributed by atoms with E-state index in [1.807, 2.05) is 59.6 Å². The van der Waals surface area contributed by atoms with E-state index >= 15 is 0 Å². The topological polar surface area (TPSA) is 63.1 Å².